The van der Waals surface area contributed by atoms with E-state index in [1.807, 2.05) is 38.1 Å². The number of benzene rings is 1. The summed E-state index contributed by atoms with van der Waals surface area (Å²) in [6.07, 6.45) is 0. The van der Waals surface area contributed by atoms with Crippen LogP contribution >= 0.6 is 0 Å². The van der Waals surface area contributed by atoms with E-state index in [0.717, 1.165) is 22.6 Å². The van der Waals surface area contributed by atoms with Gasteiger partial charge in [-0.05, 0) is 26.8 Å². The second-order valence-corrected chi connectivity index (χ2v) is 5.80. The average Bonchev–Trinajstić information content (AvgIpc) is 2.72. The quantitative estimate of drug-likeness (QED) is 0.925. The summed E-state index contributed by atoms with van der Waals surface area (Å²) in [4.78, 5) is 14.8. The molecule has 0 saturated heterocycles. The molecule has 1 aromatic carbocycles. The Morgan fingerprint density at radius 1 is 1.26 bits per heavy atom. The Hall–Kier alpha value is -2.27. The number of carbonyl (C=O) groups is 1. The predicted octanol–water partition coefficient (Wildman–Crippen LogP) is 2.77. The van der Waals surface area contributed by atoms with Crippen LogP contribution in [0.3, 0.4) is 0 Å². The van der Waals surface area contributed by atoms with Gasteiger partial charge in [-0.1, -0.05) is 18.2 Å². The summed E-state index contributed by atoms with van der Waals surface area (Å²) in [5.74, 6) is 1.95. The van der Waals surface area contributed by atoms with Crippen molar-refractivity contribution in [3.63, 3.8) is 0 Å². The molecule has 1 N–H and O–H groups in total. The van der Waals surface area contributed by atoms with Crippen LogP contribution in [0.15, 0.2) is 28.7 Å². The third-order valence-electron chi connectivity index (χ3n) is 4.45. The molecule has 1 aliphatic heterocycles. The second-order valence-electron chi connectivity index (χ2n) is 5.80. The monoisotopic (exact) mass is 315 g/mol. The van der Waals surface area contributed by atoms with Gasteiger partial charge in [-0.25, -0.2) is 0 Å². The number of aliphatic hydroxyl groups excluding tert-OH is 1. The largest absolute Gasteiger partial charge is 0.491 e. The van der Waals surface area contributed by atoms with Gasteiger partial charge in [0.25, 0.3) is 5.91 Å². The van der Waals surface area contributed by atoms with Crippen molar-refractivity contribution in [2.24, 2.45) is 0 Å². The Kier molecular flexibility index (Phi) is 4.13. The van der Waals surface area contributed by atoms with Crippen LogP contribution in [0.25, 0.3) is 0 Å². The van der Waals surface area contributed by atoms with Crippen molar-refractivity contribution in [1.29, 1.82) is 0 Å². The molecule has 0 bridgehead atoms. The van der Waals surface area contributed by atoms with E-state index in [2.05, 4.69) is 0 Å². The standard InChI is InChI=1S/C18H21NO4/c1-11-12(2)23-13(3)17(11)18(21)19-8-9-22-16-7-5-4-6-14(16)15(19)10-20/h4-7,15,20H,8-10H2,1-3H3/t15-/m0/s1. The topological polar surface area (TPSA) is 62.9 Å². The maximum absolute atomic E-state index is 13.1. The van der Waals surface area contributed by atoms with Crippen LogP contribution in [0.1, 0.15) is 39.0 Å². The van der Waals surface area contributed by atoms with Gasteiger partial charge in [0.15, 0.2) is 0 Å². The fraction of sp³-hybridized carbons (Fsp3) is 0.389. The molecular weight excluding hydrogens is 294 g/mol. The minimum absolute atomic E-state index is 0.129. The van der Waals surface area contributed by atoms with Gasteiger partial charge in [-0.3, -0.25) is 4.79 Å². The number of rotatable bonds is 2. The normalized spacial score (nSPS) is 17.4. The Morgan fingerprint density at radius 2 is 2.00 bits per heavy atom. The summed E-state index contributed by atoms with van der Waals surface area (Å²) in [6, 6.07) is 7.11. The molecular formula is C18H21NO4. The smallest absolute Gasteiger partial charge is 0.258 e. The van der Waals surface area contributed by atoms with Crippen molar-refractivity contribution in [2.75, 3.05) is 19.8 Å². The fourth-order valence-corrected chi connectivity index (χ4v) is 3.16. The fourth-order valence-electron chi connectivity index (χ4n) is 3.16. The lowest BCUT2D eigenvalue weighted by Crippen LogP contribution is -2.38. The molecule has 23 heavy (non-hydrogen) atoms. The SMILES string of the molecule is Cc1oc(C)c(C(=O)N2CCOc3ccccc3[C@@H]2CO)c1C. The van der Waals surface area contributed by atoms with Crippen molar-refractivity contribution in [1.82, 2.24) is 4.90 Å². The lowest BCUT2D eigenvalue weighted by Gasteiger charge is -2.28. The molecule has 122 valence electrons. The van der Waals surface area contributed by atoms with Crippen molar-refractivity contribution in [2.45, 2.75) is 26.8 Å². The van der Waals surface area contributed by atoms with Gasteiger partial charge in [0.05, 0.1) is 24.8 Å². The number of fused-ring (bicyclic) bond motifs is 1. The molecule has 1 aromatic heterocycles. The van der Waals surface area contributed by atoms with Crippen LogP contribution in [0.5, 0.6) is 5.75 Å². The number of nitrogens with zero attached hydrogens (tertiary/aromatic N) is 1. The molecule has 0 radical (unpaired) electrons. The van der Waals surface area contributed by atoms with E-state index in [9.17, 15) is 9.90 Å². The molecule has 0 spiro atoms. The third kappa shape index (κ3) is 2.61. The highest BCUT2D eigenvalue weighted by Crippen LogP contribution is 2.33. The summed E-state index contributed by atoms with van der Waals surface area (Å²) in [7, 11) is 0. The van der Waals surface area contributed by atoms with E-state index >= 15 is 0 Å². The number of carbonyl (C=O) groups excluding carboxylic acids is 1. The summed E-state index contributed by atoms with van der Waals surface area (Å²) in [5, 5.41) is 9.90. The summed E-state index contributed by atoms with van der Waals surface area (Å²) in [5.41, 5.74) is 2.26. The van der Waals surface area contributed by atoms with Gasteiger partial charge in [0, 0.05) is 11.1 Å². The van der Waals surface area contributed by atoms with Crippen LogP contribution in [0.4, 0.5) is 0 Å². The van der Waals surface area contributed by atoms with Crippen LogP contribution in [-0.4, -0.2) is 35.7 Å². The molecule has 0 saturated carbocycles. The first-order valence-electron chi connectivity index (χ1n) is 7.74. The predicted molar refractivity (Wildman–Crippen MR) is 85.7 cm³/mol. The minimum Gasteiger partial charge on any atom is -0.491 e. The van der Waals surface area contributed by atoms with Gasteiger partial charge >= 0.3 is 0 Å². The highest BCUT2D eigenvalue weighted by molar-refractivity contribution is 5.97. The van der Waals surface area contributed by atoms with E-state index in [1.54, 1.807) is 11.8 Å². The summed E-state index contributed by atoms with van der Waals surface area (Å²) >= 11 is 0. The molecule has 2 heterocycles. The molecule has 1 atom stereocenters. The maximum atomic E-state index is 13.1. The van der Waals surface area contributed by atoms with Crippen molar-refractivity contribution >= 4 is 5.91 Å². The van der Waals surface area contributed by atoms with Gasteiger partial charge in [-0.2, -0.15) is 0 Å². The first kappa shape index (κ1) is 15.6. The second kappa shape index (κ2) is 6.08. The van der Waals surface area contributed by atoms with Crippen LogP contribution < -0.4 is 4.74 Å². The van der Waals surface area contributed by atoms with Crippen molar-refractivity contribution in [3.05, 3.63) is 52.5 Å². The average molecular weight is 315 g/mol. The Bertz CT molecular complexity index is 735. The van der Waals surface area contributed by atoms with Crippen LogP contribution in [0.2, 0.25) is 0 Å². The first-order valence-corrected chi connectivity index (χ1v) is 7.74. The van der Waals surface area contributed by atoms with E-state index in [-0.39, 0.29) is 12.5 Å². The first-order chi connectivity index (χ1) is 11.0. The lowest BCUT2D eigenvalue weighted by molar-refractivity contribution is 0.0582. The Balaban J connectivity index is 2.03. The third-order valence-corrected chi connectivity index (χ3v) is 4.45. The summed E-state index contributed by atoms with van der Waals surface area (Å²) in [6.45, 7) is 6.19. The van der Waals surface area contributed by atoms with Gasteiger partial charge in [0.1, 0.15) is 23.9 Å². The number of para-hydroxylation sites is 1. The van der Waals surface area contributed by atoms with Crippen molar-refractivity contribution in [3.8, 4) is 5.75 Å². The highest BCUT2D eigenvalue weighted by atomic mass is 16.5. The lowest BCUT2D eigenvalue weighted by atomic mass is 10.0. The molecule has 0 aliphatic carbocycles. The molecule has 1 amide bonds. The molecule has 1 aliphatic rings. The number of hydrogen-bond donors (Lipinski definition) is 1. The number of hydrogen-bond acceptors (Lipinski definition) is 4. The number of furan rings is 1. The van der Waals surface area contributed by atoms with Crippen LogP contribution in [-0.2, 0) is 0 Å². The maximum Gasteiger partial charge on any atom is 0.258 e. The molecule has 5 nitrogen and oxygen atoms in total. The zero-order valence-corrected chi connectivity index (χ0v) is 13.6. The molecule has 3 rings (SSSR count). The highest BCUT2D eigenvalue weighted by Gasteiger charge is 2.32. The van der Waals surface area contributed by atoms with Crippen LogP contribution in [0, 0.1) is 20.8 Å². The molecule has 5 heteroatoms. The van der Waals surface area contributed by atoms with Crippen molar-refractivity contribution < 1.29 is 19.1 Å². The van der Waals surface area contributed by atoms with Gasteiger partial charge < -0.3 is 19.2 Å². The van der Waals surface area contributed by atoms with E-state index < -0.39 is 6.04 Å². The summed E-state index contributed by atoms with van der Waals surface area (Å²) < 4.78 is 11.3. The zero-order valence-electron chi connectivity index (χ0n) is 13.6. The van der Waals surface area contributed by atoms with E-state index in [0.29, 0.717) is 24.5 Å². The molecule has 0 fully saturated rings. The molecule has 2 aromatic rings. The number of aliphatic hydroxyl groups is 1. The van der Waals surface area contributed by atoms with E-state index in [1.165, 1.54) is 0 Å². The molecule has 0 unspecified atom stereocenters. The van der Waals surface area contributed by atoms with E-state index in [4.69, 9.17) is 9.15 Å². The number of ether oxygens (including phenoxy) is 1. The zero-order chi connectivity index (χ0) is 16.6. The minimum atomic E-state index is -0.421. The Morgan fingerprint density at radius 3 is 2.65 bits per heavy atom. The van der Waals surface area contributed by atoms with Gasteiger partial charge in [0.2, 0.25) is 0 Å². The van der Waals surface area contributed by atoms with Gasteiger partial charge in [-0.15, -0.1) is 0 Å². The Labute approximate surface area is 135 Å². The number of amides is 1. The number of aryl methyl sites for hydroxylation is 2.